The van der Waals surface area contributed by atoms with Crippen LogP contribution in [0.4, 0.5) is 0 Å². The minimum absolute atomic E-state index is 0.267. The Bertz CT molecular complexity index is 626. The maximum absolute atomic E-state index is 12.3. The first-order valence-electron chi connectivity index (χ1n) is 8.15. The van der Waals surface area contributed by atoms with Crippen LogP contribution in [0.1, 0.15) is 12.0 Å². The molecule has 1 aliphatic carbocycles. The molecular formula is C19H26O4Si. The summed E-state index contributed by atoms with van der Waals surface area (Å²) in [4.78, 5) is 12.3. The Hall–Kier alpha value is -1.69. The smallest absolute Gasteiger partial charge is 0.186 e. The van der Waals surface area contributed by atoms with Gasteiger partial charge < -0.3 is 14.6 Å². The van der Waals surface area contributed by atoms with Gasteiger partial charge in [-0.1, -0.05) is 49.1 Å². The number of hydrogen-bond acceptors (Lipinski definition) is 4. The van der Waals surface area contributed by atoms with Crippen LogP contribution < -0.4 is 4.74 Å². The van der Waals surface area contributed by atoms with Gasteiger partial charge in [0.25, 0.3) is 0 Å². The Morgan fingerprint density at radius 2 is 1.88 bits per heavy atom. The third-order valence-electron chi connectivity index (χ3n) is 4.15. The van der Waals surface area contributed by atoms with E-state index >= 15 is 0 Å². The summed E-state index contributed by atoms with van der Waals surface area (Å²) in [6.07, 6.45) is 4.39. The summed E-state index contributed by atoms with van der Waals surface area (Å²) in [7, 11) is 0.0607. The van der Waals surface area contributed by atoms with Gasteiger partial charge in [0, 0.05) is 0 Å². The Balaban J connectivity index is 2.04. The summed E-state index contributed by atoms with van der Waals surface area (Å²) in [5.41, 5.74) is 0.962. The number of allylic oxidation sites excluding steroid dienone is 2. The summed E-state index contributed by atoms with van der Waals surface area (Å²) < 4.78 is 10.9. The van der Waals surface area contributed by atoms with Crippen LogP contribution in [0, 0.1) is 0 Å². The van der Waals surface area contributed by atoms with E-state index in [9.17, 15) is 9.90 Å². The van der Waals surface area contributed by atoms with E-state index in [4.69, 9.17) is 9.47 Å². The van der Waals surface area contributed by atoms with Crippen molar-refractivity contribution in [3.05, 3.63) is 53.3 Å². The summed E-state index contributed by atoms with van der Waals surface area (Å²) >= 11 is 0. The maximum Gasteiger partial charge on any atom is 0.186 e. The van der Waals surface area contributed by atoms with Crippen LogP contribution in [-0.4, -0.2) is 38.3 Å². The minimum Gasteiger partial charge on any atom is -0.497 e. The van der Waals surface area contributed by atoms with Gasteiger partial charge in [-0.3, -0.25) is 4.79 Å². The van der Waals surface area contributed by atoms with E-state index in [0.717, 1.165) is 22.9 Å². The highest BCUT2D eigenvalue weighted by atomic mass is 28.3. The van der Waals surface area contributed by atoms with Crippen molar-refractivity contribution in [3.63, 3.8) is 0 Å². The van der Waals surface area contributed by atoms with Crippen LogP contribution in [0.15, 0.2) is 47.7 Å². The molecule has 24 heavy (non-hydrogen) atoms. The molecule has 1 aliphatic rings. The van der Waals surface area contributed by atoms with E-state index in [-0.39, 0.29) is 5.78 Å². The fourth-order valence-corrected chi connectivity index (χ4v) is 3.80. The summed E-state index contributed by atoms with van der Waals surface area (Å²) in [6, 6.07) is 7.53. The normalized spacial score (nSPS) is 25.4. The van der Waals surface area contributed by atoms with E-state index in [1.807, 2.05) is 30.3 Å². The first kappa shape index (κ1) is 18.6. The SMILES string of the molecule is COc1ccc(CO[C@@H]2/C=C\C/C([Si](C)(C)C)=C\C(=O)[C@@H]2O)cc1. The number of methoxy groups -OCH3 is 1. The highest BCUT2D eigenvalue weighted by Gasteiger charge is 2.28. The molecule has 1 aromatic carbocycles. The lowest BCUT2D eigenvalue weighted by molar-refractivity contribution is -0.129. The van der Waals surface area contributed by atoms with Crippen LogP contribution in [0.5, 0.6) is 5.75 Å². The fraction of sp³-hybridized carbons (Fsp3) is 0.421. The molecule has 4 nitrogen and oxygen atoms in total. The topological polar surface area (TPSA) is 55.8 Å². The van der Waals surface area contributed by atoms with E-state index in [2.05, 4.69) is 19.6 Å². The van der Waals surface area contributed by atoms with Crippen LogP contribution in [0.2, 0.25) is 19.6 Å². The van der Waals surface area contributed by atoms with Gasteiger partial charge in [0.1, 0.15) is 18.0 Å². The number of aliphatic hydroxyl groups excluding tert-OH is 1. The molecule has 2 atom stereocenters. The molecule has 0 heterocycles. The number of benzene rings is 1. The van der Waals surface area contributed by atoms with Crippen molar-refractivity contribution < 1.29 is 19.4 Å². The zero-order chi connectivity index (χ0) is 17.7. The highest BCUT2D eigenvalue weighted by molar-refractivity contribution is 6.83. The molecule has 130 valence electrons. The number of rotatable bonds is 5. The number of carbonyl (C=O) groups excluding carboxylic acids is 1. The van der Waals surface area contributed by atoms with Gasteiger partial charge in [-0.15, -0.1) is 0 Å². The lowest BCUT2D eigenvalue weighted by Crippen LogP contribution is -2.36. The molecule has 0 radical (unpaired) electrons. The second-order valence-electron chi connectivity index (χ2n) is 7.02. The third-order valence-corrected chi connectivity index (χ3v) is 6.42. The van der Waals surface area contributed by atoms with E-state index < -0.39 is 20.3 Å². The van der Waals surface area contributed by atoms with Gasteiger partial charge in [-0.05, 0) is 30.2 Å². The minimum atomic E-state index is -1.56. The van der Waals surface area contributed by atoms with Crippen molar-refractivity contribution in [2.24, 2.45) is 0 Å². The average Bonchev–Trinajstić information content (AvgIpc) is 2.54. The Labute approximate surface area is 144 Å². The Morgan fingerprint density at radius 1 is 1.21 bits per heavy atom. The molecule has 2 rings (SSSR count). The van der Waals surface area contributed by atoms with Crippen molar-refractivity contribution in [3.8, 4) is 5.75 Å². The van der Waals surface area contributed by atoms with E-state index in [0.29, 0.717) is 6.61 Å². The highest BCUT2D eigenvalue weighted by Crippen LogP contribution is 2.22. The van der Waals surface area contributed by atoms with Crippen LogP contribution >= 0.6 is 0 Å². The molecule has 1 N–H and O–H groups in total. The van der Waals surface area contributed by atoms with Gasteiger partial charge in [-0.25, -0.2) is 0 Å². The van der Waals surface area contributed by atoms with Crippen molar-refractivity contribution >= 4 is 13.9 Å². The predicted molar refractivity (Wildman–Crippen MR) is 97.8 cm³/mol. The molecular weight excluding hydrogens is 320 g/mol. The van der Waals surface area contributed by atoms with Crippen molar-refractivity contribution in [2.75, 3.05) is 7.11 Å². The lowest BCUT2D eigenvalue weighted by atomic mass is 10.0. The molecule has 5 heteroatoms. The molecule has 0 fully saturated rings. The second-order valence-corrected chi connectivity index (χ2v) is 12.2. The quantitative estimate of drug-likeness (QED) is 0.657. The molecule has 0 aromatic heterocycles. The molecule has 1 aromatic rings. The number of hydrogen-bond donors (Lipinski definition) is 1. The summed E-state index contributed by atoms with van der Waals surface area (Å²) in [5.74, 6) is 0.514. The second kappa shape index (κ2) is 7.92. The molecule has 0 bridgehead atoms. The van der Waals surface area contributed by atoms with Gasteiger partial charge in [0.15, 0.2) is 5.78 Å². The fourth-order valence-electron chi connectivity index (χ4n) is 2.50. The Kier molecular flexibility index (Phi) is 6.15. The number of ketones is 1. The van der Waals surface area contributed by atoms with Crippen LogP contribution in [0.25, 0.3) is 0 Å². The molecule has 0 aliphatic heterocycles. The third kappa shape index (κ3) is 4.90. The zero-order valence-corrected chi connectivity index (χ0v) is 15.8. The first-order chi connectivity index (χ1) is 11.3. The van der Waals surface area contributed by atoms with Gasteiger partial charge in [0.05, 0.1) is 21.8 Å². The molecule has 0 saturated carbocycles. The number of ether oxygens (including phenoxy) is 2. The van der Waals surface area contributed by atoms with Crippen molar-refractivity contribution in [1.82, 2.24) is 0 Å². The number of carbonyl (C=O) groups is 1. The predicted octanol–water partition coefficient (Wildman–Crippen LogP) is 3.27. The van der Waals surface area contributed by atoms with Crippen molar-refractivity contribution in [1.29, 1.82) is 0 Å². The van der Waals surface area contributed by atoms with Gasteiger partial charge in [-0.2, -0.15) is 0 Å². The lowest BCUT2D eigenvalue weighted by Gasteiger charge is -2.25. The van der Waals surface area contributed by atoms with Gasteiger partial charge in [0.2, 0.25) is 0 Å². The Morgan fingerprint density at radius 3 is 2.46 bits per heavy atom. The zero-order valence-electron chi connectivity index (χ0n) is 14.8. The molecule has 0 unspecified atom stereocenters. The number of aliphatic hydroxyl groups is 1. The first-order valence-corrected chi connectivity index (χ1v) is 11.7. The molecule has 0 amide bonds. The van der Waals surface area contributed by atoms with Crippen LogP contribution in [0.3, 0.4) is 0 Å². The molecule has 0 saturated heterocycles. The maximum atomic E-state index is 12.3. The largest absolute Gasteiger partial charge is 0.497 e. The van der Waals surface area contributed by atoms with Gasteiger partial charge >= 0.3 is 0 Å². The van der Waals surface area contributed by atoms with E-state index in [1.165, 1.54) is 0 Å². The van der Waals surface area contributed by atoms with Crippen molar-refractivity contribution in [2.45, 2.75) is 44.9 Å². The monoisotopic (exact) mass is 346 g/mol. The van der Waals surface area contributed by atoms with Crippen LogP contribution in [-0.2, 0) is 16.1 Å². The summed E-state index contributed by atoms with van der Waals surface area (Å²) in [6.45, 7) is 6.93. The summed E-state index contributed by atoms with van der Waals surface area (Å²) in [5, 5.41) is 11.5. The average molecular weight is 346 g/mol. The standard InChI is InChI=1S/C19H26O4Si/c1-22-15-10-8-14(9-11-15)13-23-18-7-5-6-16(24(2,3)4)12-17(20)19(18)21/h5,7-12,18-19,21H,6,13H2,1-4H3/b7-5-,16-12+/t18-,19+/m1/s1. The molecule has 0 spiro atoms. The van der Waals surface area contributed by atoms with E-state index in [1.54, 1.807) is 19.3 Å².